The molecule has 3 heterocycles. The first-order valence-corrected chi connectivity index (χ1v) is 8.87. The minimum absolute atomic E-state index is 0.0310. The maximum absolute atomic E-state index is 13.1. The number of nitrogens with zero attached hydrogens (tertiary/aromatic N) is 2. The van der Waals surface area contributed by atoms with Gasteiger partial charge in [-0.15, -0.1) is 0 Å². The number of aromatic nitrogens is 1. The van der Waals surface area contributed by atoms with Crippen LogP contribution in [0.15, 0.2) is 18.2 Å². The maximum Gasteiger partial charge on any atom is 0.258 e. The summed E-state index contributed by atoms with van der Waals surface area (Å²) in [4.78, 5) is 19.7. The highest BCUT2D eigenvalue weighted by molar-refractivity contribution is 6.01. The molecule has 132 valence electrons. The largest absolute Gasteiger partial charge is 0.493 e. The van der Waals surface area contributed by atoms with Crippen LogP contribution in [0.2, 0.25) is 0 Å². The lowest BCUT2D eigenvalue weighted by Crippen LogP contribution is -2.54. The zero-order valence-electron chi connectivity index (χ0n) is 14.7. The van der Waals surface area contributed by atoms with E-state index in [1.54, 1.807) is 7.11 Å². The van der Waals surface area contributed by atoms with Crippen molar-refractivity contribution >= 4 is 16.8 Å². The van der Waals surface area contributed by atoms with E-state index in [9.17, 15) is 4.79 Å². The fourth-order valence-electron chi connectivity index (χ4n) is 3.69. The molecule has 0 unspecified atom stereocenters. The molecule has 1 atom stereocenters. The van der Waals surface area contributed by atoms with Gasteiger partial charge in [0.15, 0.2) is 0 Å². The maximum atomic E-state index is 13.1. The van der Waals surface area contributed by atoms with Crippen LogP contribution in [-0.4, -0.2) is 55.2 Å². The molecule has 0 aliphatic carbocycles. The summed E-state index contributed by atoms with van der Waals surface area (Å²) in [5.74, 6) is 1.31. The summed E-state index contributed by atoms with van der Waals surface area (Å²) < 4.78 is 11.4. The fourth-order valence-corrected chi connectivity index (χ4v) is 3.69. The Bertz CT molecular complexity index is 821. The molecule has 2 aliphatic rings. The van der Waals surface area contributed by atoms with Crippen LogP contribution in [-0.2, 0) is 6.42 Å². The van der Waals surface area contributed by atoms with Crippen LogP contribution in [0.1, 0.15) is 29.3 Å². The second kappa shape index (κ2) is 6.52. The quantitative estimate of drug-likeness (QED) is 0.905. The second-order valence-corrected chi connectivity index (χ2v) is 6.55. The fraction of sp³-hybridized carbons (Fsp3) is 0.474. The standard InChI is InChI=1S/C19H23N3O3/c1-3-12-8-13-9-17-15(10-16(13)21-18(12)24-2)19(23)22-6-5-20-11-14(22)4-7-25-17/h8-10,14,20H,3-7,11H2,1-2H3/t14-/m0/s1. The zero-order valence-corrected chi connectivity index (χ0v) is 14.7. The summed E-state index contributed by atoms with van der Waals surface area (Å²) in [7, 11) is 1.63. The van der Waals surface area contributed by atoms with Crippen molar-refractivity contribution < 1.29 is 14.3 Å². The lowest BCUT2D eigenvalue weighted by molar-refractivity contribution is 0.0576. The molecule has 1 aromatic heterocycles. The molecular formula is C19H23N3O3. The smallest absolute Gasteiger partial charge is 0.258 e. The van der Waals surface area contributed by atoms with Crippen LogP contribution in [0.25, 0.3) is 10.9 Å². The third-order valence-corrected chi connectivity index (χ3v) is 5.08. The Morgan fingerprint density at radius 2 is 2.28 bits per heavy atom. The van der Waals surface area contributed by atoms with E-state index in [-0.39, 0.29) is 11.9 Å². The predicted molar refractivity (Wildman–Crippen MR) is 95.5 cm³/mol. The number of methoxy groups -OCH3 is 1. The lowest BCUT2D eigenvalue weighted by atomic mass is 10.0. The van der Waals surface area contributed by atoms with Crippen LogP contribution in [0.5, 0.6) is 11.6 Å². The normalized spacial score (nSPS) is 20.3. The number of benzene rings is 1. The number of aryl methyl sites for hydroxylation is 1. The molecular weight excluding hydrogens is 318 g/mol. The van der Waals surface area contributed by atoms with Gasteiger partial charge in [0.2, 0.25) is 5.88 Å². The number of amides is 1. The Morgan fingerprint density at radius 1 is 1.40 bits per heavy atom. The van der Waals surface area contributed by atoms with E-state index < -0.39 is 0 Å². The summed E-state index contributed by atoms with van der Waals surface area (Å²) in [5.41, 5.74) is 2.41. The van der Waals surface area contributed by atoms with Gasteiger partial charge >= 0.3 is 0 Å². The van der Waals surface area contributed by atoms with Gasteiger partial charge in [-0.2, -0.15) is 0 Å². The van der Waals surface area contributed by atoms with E-state index in [0.29, 0.717) is 23.8 Å². The highest BCUT2D eigenvalue weighted by Crippen LogP contribution is 2.32. The number of piperazine rings is 1. The lowest BCUT2D eigenvalue weighted by Gasteiger charge is -2.38. The monoisotopic (exact) mass is 341 g/mol. The molecule has 0 spiro atoms. The van der Waals surface area contributed by atoms with E-state index in [1.807, 2.05) is 17.0 Å². The van der Waals surface area contributed by atoms with Crippen molar-refractivity contribution in [3.05, 3.63) is 29.3 Å². The number of hydrogen-bond donors (Lipinski definition) is 1. The first kappa shape index (κ1) is 16.1. The number of nitrogens with one attached hydrogen (secondary N) is 1. The molecule has 0 saturated carbocycles. The molecule has 0 radical (unpaired) electrons. The summed E-state index contributed by atoms with van der Waals surface area (Å²) in [6, 6.07) is 6.05. The Labute approximate surface area is 147 Å². The molecule has 2 aliphatic heterocycles. The van der Waals surface area contributed by atoms with Gasteiger partial charge in [0.25, 0.3) is 5.91 Å². The molecule has 6 heteroatoms. The molecule has 25 heavy (non-hydrogen) atoms. The summed E-state index contributed by atoms with van der Waals surface area (Å²) in [6.07, 6.45) is 1.68. The van der Waals surface area contributed by atoms with E-state index in [0.717, 1.165) is 48.9 Å². The Balaban J connectivity index is 1.83. The molecule has 1 aromatic carbocycles. The minimum atomic E-state index is 0.0310. The number of hydrogen-bond acceptors (Lipinski definition) is 5. The van der Waals surface area contributed by atoms with E-state index in [4.69, 9.17) is 9.47 Å². The Kier molecular flexibility index (Phi) is 4.21. The minimum Gasteiger partial charge on any atom is -0.493 e. The summed E-state index contributed by atoms with van der Waals surface area (Å²) in [5, 5.41) is 4.33. The van der Waals surface area contributed by atoms with Crippen molar-refractivity contribution in [2.45, 2.75) is 25.8 Å². The molecule has 1 amide bonds. The number of rotatable bonds is 2. The van der Waals surface area contributed by atoms with Gasteiger partial charge in [0.1, 0.15) is 5.75 Å². The Hall–Kier alpha value is -2.34. The average Bonchev–Trinajstić information content (AvgIpc) is 2.65. The van der Waals surface area contributed by atoms with Crippen molar-refractivity contribution in [1.29, 1.82) is 0 Å². The van der Waals surface area contributed by atoms with Gasteiger partial charge in [0, 0.05) is 43.0 Å². The van der Waals surface area contributed by atoms with Crippen LogP contribution >= 0.6 is 0 Å². The van der Waals surface area contributed by atoms with Crippen LogP contribution in [0.4, 0.5) is 0 Å². The first-order chi connectivity index (χ1) is 12.2. The molecule has 1 N–H and O–H groups in total. The number of pyridine rings is 1. The second-order valence-electron chi connectivity index (χ2n) is 6.55. The van der Waals surface area contributed by atoms with Gasteiger partial charge in [-0.3, -0.25) is 4.79 Å². The molecule has 1 fully saturated rings. The van der Waals surface area contributed by atoms with Crippen molar-refractivity contribution in [2.75, 3.05) is 33.4 Å². The van der Waals surface area contributed by atoms with E-state index >= 15 is 0 Å². The molecule has 4 rings (SSSR count). The molecule has 2 aromatic rings. The van der Waals surface area contributed by atoms with Crippen molar-refractivity contribution in [3.8, 4) is 11.6 Å². The van der Waals surface area contributed by atoms with Crippen LogP contribution < -0.4 is 14.8 Å². The van der Waals surface area contributed by atoms with Crippen molar-refractivity contribution in [1.82, 2.24) is 15.2 Å². The van der Waals surface area contributed by atoms with E-state index in [2.05, 4.69) is 23.3 Å². The first-order valence-electron chi connectivity index (χ1n) is 8.87. The molecule has 1 saturated heterocycles. The highest BCUT2D eigenvalue weighted by atomic mass is 16.5. The molecule has 0 bridgehead atoms. The van der Waals surface area contributed by atoms with Gasteiger partial charge in [-0.05, 0) is 24.6 Å². The van der Waals surface area contributed by atoms with E-state index in [1.165, 1.54) is 0 Å². The third kappa shape index (κ3) is 2.80. The van der Waals surface area contributed by atoms with Crippen molar-refractivity contribution in [3.63, 3.8) is 0 Å². The van der Waals surface area contributed by atoms with Crippen molar-refractivity contribution in [2.24, 2.45) is 0 Å². The van der Waals surface area contributed by atoms with Gasteiger partial charge in [-0.25, -0.2) is 4.98 Å². The topological polar surface area (TPSA) is 63.7 Å². The highest BCUT2D eigenvalue weighted by Gasteiger charge is 2.31. The predicted octanol–water partition coefficient (Wildman–Crippen LogP) is 2.00. The average molecular weight is 341 g/mol. The van der Waals surface area contributed by atoms with Gasteiger partial charge < -0.3 is 19.7 Å². The van der Waals surface area contributed by atoms with Crippen LogP contribution in [0.3, 0.4) is 0 Å². The summed E-state index contributed by atoms with van der Waals surface area (Å²) in [6.45, 7) is 5.07. The van der Waals surface area contributed by atoms with Gasteiger partial charge in [-0.1, -0.05) is 6.92 Å². The number of carbonyl (C=O) groups is 1. The Morgan fingerprint density at radius 3 is 3.08 bits per heavy atom. The third-order valence-electron chi connectivity index (χ3n) is 5.08. The number of fused-ring (bicyclic) bond motifs is 3. The SMILES string of the molecule is CCc1cc2cc3c(cc2nc1OC)C(=O)N1CCNC[C@@H]1CCO3. The number of ether oxygens (including phenoxy) is 2. The van der Waals surface area contributed by atoms with Gasteiger partial charge in [0.05, 0.1) is 24.8 Å². The zero-order chi connectivity index (χ0) is 17.4. The number of carbonyl (C=O) groups excluding carboxylic acids is 1. The molecule has 6 nitrogen and oxygen atoms in total. The van der Waals surface area contributed by atoms with Crippen LogP contribution in [0, 0.1) is 0 Å². The summed E-state index contributed by atoms with van der Waals surface area (Å²) >= 11 is 0.